The van der Waals surface area contributed by atoms with Crippen LogP contribution in [0, 0.1) is 5.92 Å². The molecule has 1 atom stereocenters. The predicted molar refractivity (Wildman–Crippen MR) is 43.4 cm³/mol. The van der Waals surface area contributed by atoms with Gasteiger partial charge in [-0.15, -0.1) is 0 Å². The van der Waals surface area contributed by atoms with E-state index in [-0.39, 0.29) is 11.7 Å². The molecule has 0 saturated carbocycles. The fraction of sp³-hybridized carbons (Fsp3) is 0.111. The summed E-state index contributed by atoms with van der Waals surface area (Å²) in [6.45, 7) is 0. The first kappa shape index (κ1) is 7.16. The van der Waals surface area contributed by atoms with Gasteiger partial charge in [-0.1, -0.05) is 12.2 Å². The number of carbonyl (C=O) groups is 1. The minimum absolute atomic E-state index is 0.0417. The van der Waals surface area contributed by atoms with Crippen molar-refractivity contribution in [1.82, 2.24) is 0 Å². The Bertz CT molecular complexity index is 350. The van der Waals surface area contributed by atoms with Crippen molar-refractivity contribution in [2.75, 3.05) is 0 Å². The third-order valence-electron chi connectivity index (χ3n) is 1.81. The molecule has 0 saturated heterocycles. The molecule has 12 heavy (non-hydrogen) atoms. The van der Waals surface area contributed by atoms with Crippen LogP contribution < -0.4 is 0 Å². The molecule has 0 bridgehead atoms. The lowest BCUT2D eigenvalue weighted by Gasteiger charge is -2.15. The van der Waals surface area contributed by atoms with Crippen LogP contribution in [0.1, 0.15) is 0 Å². The lowest BCUT2D eigenvalue weighted by Crippen LogP contribution is -2.17. The lowest BCUT2D eigenvalue weighted by molar-refractivity contribution is -0.116. The van der Waals surface area contributed by atoms with Gasteiger partial charge in [0.15, 0.2) is 5.78 Å². The molecule has 0 aromatic carbocycles. The summed E-state index contributed by atoms with van der Waals surface area (Å²) >= 11 is 0. The quantitative estimate of drug-likeness (QED) is 0.532. The molecular formula is C9H6FNO. The Balaban J connectivity index is 2.43. The number of ketones is 1. The number of hydrogen-bond acceptors (Lipinski definition) is 2. The number of dihydropyridines is 1. The molecule has 2 rings (SSSR count). The van der Waals surface area contributed by atoms with E-state index in [4.69, 9.17) is 0 Å². The maximum atomic E-state index is 12.6. The van der Waals surface area contributed by atoms with Gasteiger partial charge in [-0.3, -0.25) is 4.79 Å². The summed E-state index contributed by atoms with van der Waals surface area (Å²) in [6.07, 6.45) is 7.45. The van der Waals surface area contributed by atoms with E-state index in [9.17, 15) is 9.18 Å². The number of carbonyl (C=O) groups excluding carboxylic acids is 1. The first-order valence-electron chi connectivity index (χ1n) is 3.62. The molecule has 0 spiro atoms. The van der Waals surface area contributed by atoms with Gasteiger partial charge in [0.2, 0.25) is 5.97 Å². The van der Waals surface area contributed by atoms with Gasteiger partial charge in [0, 0.05) is 0 Å². The van der Waals surface area contributed by atoms with Gasteiger partial charge >= 0.3 is 0 Å². The second-order valence-electron chi connectivity index (χ2n) is 2.62. The van der Waals surface area contributed by atoms with E-state index in [0.717, 1.165) is 0 Å². The number of hydrogen-bond donors (Lipinski definition) is 0. The van der Waals surface area contributed by atoms with Crippen molar-refractivity contribution >= 4 is 11.7 Å². The third-order valence-corrected chi connectivity index (χ3v) is 1.81. The maximum Gasteiger partial charge on any atom is 0.212 e. The number of allylic oxidation sites excluding steroid dienone is 5. The smallest absolute Gasteiger partial charge is 0.212 e. The molecule has 1 aliphatic carbocycles. The zero-order chi connectivity index (χ0) is 8.55. The first-order chi connectivity index (χ1) is 5.77. The van der Waals surface area contributed by atoms with Crippen LogP contribution in [0.5, 0.6) is 0 Å². The molecule has 3 heteroatoms. The molecule has 60 valence electrons. The molecule has 2 aliphatic rings. The van der Waals surface area contributed by atoms with E-state index in [2.05, 4.69) is 4.99 Å². The molecule has 1 aliphatic heterocycles. The highest BCUT2D eigenvalue weighted by atomic mass is 19.1. The molecule has 0 aromatic heterocycles. The van der Waals surface area contributed by atoms with E-state index >= 15 is 0 Å². The van der Waals surface area contributed by atoms with Crippen molar-refractivity contribution < 1.29 is 9.18 Å². The second-order valence-corrected chi connectivity index (χ2v) is 2.62. The third kappa shape index (κ3) is 1.03. The highest BCUT2D eigenvalue weighted by Crippen LogP contribution is 2.23. The number of aliphatic imine (C=N–C) groups is 1. The van der Waals surface area contributed by atoms with Crippen LogP contribution in [0.2, 0.25) is 0 Å². The van der Waals surface area contributed by atoms with Crippen LogP contribution in [-0.4, -0.2) is 11.7 Å². The molecule has 0 amide bonds. The van der Waals surface area contributed by atoms with Gasteiger partial charge in [0.05, 0.1) is 11.6 Å². The van der Waals surface area contributed by atoms with Crippen LogP contribution >= 0.6 is 0 Å². The zero-order valence-electron chi connectivity index (χ0n) is 6.20. The fourth-order valence-electron chi connectivity index (χ4n) is 1.23. The van der Waals surface area contributed by atoms with Crippen LogP contribution in [-0.2, 0) is 4.79 Å². The Morgan fingerprint density at radius 2 is 2.25 bits per heavy atom. The molecule has 0 radical (unpaired) electrons. The number of rotatable bonds is 0. The van der Waals surface area contributed by atoms with Crippen LogP contribution in [0.15, 0.2) is 41.1 Å². The Hall–Kier alpha value is -1.51. The van der Waals surface area contributed by atoms with Crippen molar-refractivity contribution in [2.24, 2.45) is 10.9 Å². The second kappa shape index (κ2) is 2.52. The number of nitrogens with zero attached hydrogens (tertiary/aromatic N) is 1. The minimum Gasteiger partial charge on any atom is -0.294 e. The zero-order valence-corrected chi connectivity index (χ0v) is 6.20. The molecule has 1 unspecified atom stereocenters. The monoisotopic (exact) mass is 163 g/mol. The van der Waals surface area contributed by atoms with E-state index in [1.165, 1.54) is 18.2 Å². The van der Waals surface area contributed by atoms with Crippen molar-refractivity contribution in [3.05, 3.63) is 36.1 Å². The first-order valence-corrected chi connectivity index (χ1v) is 3.62. The Labute approximate surface area is 68.8 Å². The summed E-state index contributed by atoms with van der Waals surface area (Å²) in [4.78, 5) is 14.8. The molecular weight excluding hydrogens is 157 g/mol. The predicted octanol–water partition coefficient (Wildman–Crippen LogP) is 1.56. The normalized spacial score (nSPS) is 26.4. The topological polar surface area (TPSA) is 29.4 Å². The Morgan fingerprint density at radius 3 is 3.08 bits per heavy atom. The van der Waals surface area contributed by atoms with Crippen molar-refractivity contribution in [1.29, 1.82) is 0 Å². The lowest BCUT2D eigenvalue weighted by atomic mass is 9.94. The molecule has 1 heterocycles. The van der Waals surface area contributed by atoms with Crippen molar-refractivity contribution in [3.63, 3.8) is 0 Å². The van der Waals surface area contributed by atoms with Gasteiger partial charge in [0.25, 0.3) is 0 Å². The SMILES string of the molecule is O=C1C=CC=C2N=C(F)C=CC12. The summed E-state index contributed by atoms with van der Waals surface area (Å²) in [5, 5.41) is 0. The van der Waals surface area contributed by atoms with Crippen molar-refractivity contribution in [3.8, 4) is 0 Å². The van der Waals surface area contributed by atoms with E-state index in [1.807, 2.05) is 0 Å². The van der Waals surface area contributed by atoms with Crippen LogP contribution in [0.3, 0.4) is 0 Å². The summed E-state index contributed by atoms with van der Waals surface area (Å²) in [5.74, 6) is -0.949. The number of halogens is 1. The largest absolute Gasteiger partial charge is 0.294 e. The summed E-state index contributed by atoms with van der Waals surface area (Å²) in [6, 6.07) is 0. The van der Waals surface area contributed by atoms with Gasteiger partial charge in [-0.25, -0.2) is 4.99 Å². The molecule has 2 nitrogen and oxygen atoms in total. The molecule has 0 N–H and O–H groups in total. The Kier molecular flexibility index (Phi) is 1.50. The fourth-order valence-corrected chi connectivity index (χ4v) is 1.23. The molecule has 0 fully saturated rings. The van der Waals surface area contributed by atoms with Gasteiger partial charge < -0.3 is 0 Å². The van der Waals surface area contributed by atoms with Crippen molar-refractivity contribution in [2.45, 2.75) is 0 Å². The average Bonchev–Trinajstić information content (AvgIpc) is 2.04. The highest BCUT2D eigenvalue weighted by Gasteiger charge is 2.22. The Morgan fingerprint density at radius 1 is 1.42 bits per heavy atom. The summed E-state index contributed by atoms with van der Waals surface area (Å²) in [7, 11) is 0. The van der Waals surface area contributed by atoms with Gasteiger partial charge in [-0.05, 0) is 18.2 Å². The average molecular weight is 163 g/mol. The van der Waals surface area contributed by atoms with Crippen LogP contribution in [0.4, 0.5) is 4.39 Å². The number of fused-ring (bicyclic) bond motifs is 1. The van der Waals surface area contributed by atoms with Crippen LogP contribution in [0.25, 0.3) is 0 Å². The minimum atomic E-state index is -0.541. The van der Waals surface area contributed by atoms with Gasteiger partial charge in [-0.2, -0.15) is 4.39 Å². The summed E-state index contributed by atoms with van der Waals surface area (Å²) < 4.78 is 12.6. The van der Waals surface area contributed by atoms with E-state index in [1.54, 1.807) is 12.2 Å². The van der Waals surface area contributed by atoms with E-state index < -0.39 is 5.97 Å². The standard InChI is InChI=1S/C9H6FNO/c10-9-5-4-6-7(11-9)2-1-3-8(6)12/h1-6H. The highest BCUT2D eigenvalue weighted by molar-refractivity contribution is 6.00. The maximum absolute atomic E-state index is 12.6. The molecule has 0 aromatic rings. The summed E-state index contributed by atoms with van der Waals surface area (Å²) in [5.41, 5.74) is 0.488. The van der Waals surface area contributed by atoms with E-state index in [0.29, 0.717) is 5.70 Å². The van der Waals surface area contributed by atoms with Gasteiger partial charge in [0.1, 0.15) is 0 Å².